The first kappa shape index (κ1) is 15.3. The van der Waals surface area contributed by atoms with Gasteiger partial charge in [0, 0.05) is 23.3 Å². The van der Waals surface area contributed by atoms with Crippen LogP contribution in [0.3, 0.4) is 0 Å². The number of aryl methyl sites for hydroxylation is 1. The van der Waals surface area contributed by atoms with E-state index < -0.39 is 11.6 Å². The smallest absolute Gasteiger partial charge is 0.161 e. The molecule has 25 heavy (non-hydrogen) atoms. The highest BCUT2D eigenvalue weighted by molar-refractivity contribution is 5.80. The van der Waals surface area contributed by atoms with Crippen LogP contribution in [-0.2, 0) is 0 Å². The Hall–Kier alpha value is -3.22. The average molecular weight is 340 g/mol. The molecular weight excluding hydrogens is 329 g/mol. The number of nitrogens with one attached hydrogen (secondary N) is 1. The Balaban J connectivity index is 1.81. The Bertz CT molecular complexity index is 1070. The molecule has 4 nitrogen and oxygen atoms in total. The second-order valence-electron chi connectivity index (χ2n) is 5.66. The maximum absolute atomic E-state index is 13.3. The fraction of sp³-hybridized carbons (Fsp3) is 0.0556. The largest absolute Gasteiger partial charge is 0.338 e. The summed E-state index contributed by atoms with van der Waals surface area (Å²) in [6, 6.07) is 8.21. The lowest BCUT2D eigenvalue weighted by atomic mass is 10.0. The molecule has 0 unspecified atom stereocenters. The monoisotopic (exact) mass is 340 g/mol. The molecule has 4 rings (SSSR count). The molecule has 0 fully saturated rings. The Kier molecular flexibility index (Phi) is 3.49. The first-order valence-electron chi connectivity index (χ1n) is 7.45. The first-order valence-corrected chi connectivity index (χ1v) is 7.45. The van der Waals surface area contributed by atoms with Gasteiger partial charge in [-0.3, -0.25) is 0 Å². The summed E-state index contributed by atoms with van der Waals surface area (Å²) in [5.41, 5.74) is 3.30. The minimum Gasteiger partial charge on any atom is -0.338 e. The molecular formula is C18H11F3N4. The molecule has 0 radical (unpaired) electrons. The quantitative estimate of drug-likeness (QED) is 0.588. The van der Waals surface area contributed by atoms with Gasteiger partial charge in [-0.25, -0.2) is 18.2 Å². The summed E-state index contributed by atoms with van der Waals surface area (Å²) >= 11 is 0. The van der Waals surface area contributed by atoms with Gasteiger partial charge in [-0.15, -0.1) is 0 Å². The number of fused-ring (bicyclic) bond motifs is 1. The minimum absolute atomic E-state index is 0.310. The molecule has 0 saturated heterocycles. The van der Waals surface area contributed by atoms with Crippen LogP contribution in [0.5, 0.6) is 0 Å². The van der Waals surface area contributed by atoms with Crippen molar-refractivity contribution in [2.45, 2.75) is 6.92 Å². The Labute approximate surface area is 140 Å². The second kappa shape index (κ2) is 5.70. The van der Waals surface area contributed by atoms with E-state index in [4.69, 9.17) is 0 Å². The zero-order chi connectivity index (χ0) is 17.6. The van der Waals surface area contributed by atoms with Crippen LogP contribution in [0.15, 0.2) is 42.6 Å². The van der Waals surface area contributed by atoms with E-state index >= 15 is 0 Å². The van der Waals surface area contributed by atoms with E-state index in [2.05, 4.69) is 20.2 Å². The number of H-pyrrole nitrogens is 1. The van der Waals surface area contributed by atoms with E-state index in [1.165, 1.54) is 18.3 Å². The Morgan fingerprint density at radius 1 is 0.960 bits per heavy atom. The van der Waals surface area contributed by atoms with Gasteiger partial charge in [0.1, 0.15) is 11.6 Å². The molecule has 2 aromatic heterocycles. The lowest BCUT2D eigenvalue weighted by Crippen LogP contribution is -1.93. The van der Waals surface area contributed by atoms with Crippen LogP contribution in [-0.4, -0.2) is 20.2 Å². The topological polar surface area (TPSA) is 54.5 Å². The molecule has 0 aliphatic carbocycles. The van der Waals surface area contributed by atoms with E-state index in [0.717, 1.165) is 23.3 Å². The van der Waals surface area contributed by atoms with Crippen molar-refractivity contribution >= 4 is 11.0 Å². The fourth-order valence-electron chi connectivity index (χ4n) is 2.68. The van der Waals surface area contributed by atoms with Crippen LogP contribution in [0, 0.1) is 24.4 Å². The Morgan fingerprint density at radius 2 is 1.76 bits per heavy atom. The molecule has 0 atom stereocenters. The third-order valence-electron chi connectivity index (χ3n) is 3.92. The maximum atomic E-state index is 13.3. The van der Waals surface area contributed by atoms with Gasteiger partial charge in [0.05, 0.1) is 22.9 Å². The van der Waals surface area contributed by atoms with Gasteiger partial charge in [0.2, 0.25) is 0 Å². The third kappa shape index (κ3) is 2.73. The van der Waals surface area contributed by atoms with E-state index in [0.29, 0.717) is 28.1 Å². The minimum atomic E-state index is -0.957. The SMILES string of the molecule is Cc1cc(F)ccc1-c1cc(-c2nc3cc(F)c(F)cc3[nH]2)cnn1. The molecule has 124 valence electrons. The predicted molar refractivity (Wildman–Crippen MR) is 87.2 cm³/mol. The molecule has 0 bridgehead atoms. The number of aromatic nitrogens is 4. The zero-order valence-electron chi connectivity index (χ0n) is 13.0. The number of imidazole rings is 1. The van der Waals surface area contributed by atoms with E-state index in [1.807, 2.05) is 0 Å². The summed E-state index contributed by atoms with van der Waals surface area (Å²) in [6.45, 7) is 1.78. The highest BCUT2D eigenvalue weighted by Gasteiger charge is 2.12. The summed E-state index contributed by atoms with van der Waals surface area (Å²) in [7, 11) is 0. The maximum Gasteiger partial charge on any atom is 0.161 e. The predicted octanol–water partition coefficient (Wildman–Crippen LogP) is 4.41. The van der Waals surface area contributed by atoms with Crippen LogP contribution >= 0.6 is 0 Å². The van der Waals surface area contributed by atoms with Gasteiger partial charge >= 0.3 is 0 Å². The third-order valence-corrected chi connectivity index (χ3v) is 3.92. The fourth-order valence-corrected chi connectivity index (χ4v) is 2.68. The van der Waals surface area contributed by atoms with Crippen LogP contribution < -0.4 is 0 Å². The van der Waals surface area contributed by atoms with E-state index in [-0.39, 0.29) is 5.82 Å². The molecule has 0 aliphatic heterocycles. The van der Waals surface area contributed by atoms with Crippen molar-refractivity contribution in [3.63, 3.8) is 0 Å². The Morgan fingerprint density at radius 3 is 2.56 bits per heavy atom. The second-order valence-corrected chi connectivity index (χ2v) is 5.66. The molecule has 1 N–H and O–H groups in total. The number of benzene rings is 2. The van der Waals surface area contributed by atoms with Gasteiger partial charge in [-0.05, 0) is 36.8 Å². The first-order chi connectivity index (χ1) is 12.0. The van der Waals surface area contributed by atoms with Crippen molar-refractivity contribution in [1.82, 2.24) is 20.2 Å². The highest BCUT2D eigenvalue weighted by Crippen LogP contribution is 2.27. The molecule has 2 heterocycles. The molecule has 7 heteroatoms. The molecule has 0 amide bonds. The van der Waals surface area contributed by atoms with E-state index in [9.17, 15) is 13.2 Å². The normalized spacial score (nSPS) is 11.2. The van der Waals surface area contributed by atoms with Crippen molar-refractivity contribution < 1.29 is 13.2 Å². The molecule has 0 spiro atoms. The lowest BCUT2D eigenvalue weighted by molar-refractivity contribution is 0.510. The number of hydrogen-bond donors (Lipinski definition) is 1. The van der Waals surface area contributed by atoms with Crippen LogP contribution in [0.2, 0.25) is 0 Å². The number of nitrogens with zero attached hydrogens (tertiary/aromatic N) is 3. The summed E-state index contributed by atoms with van der Waals surface area (Å²) < 4.78 is 40.0. The zero-order valence-corrected chi connectivity index (χ0v) is 13.0. The van der Waals surface area contributed by atoms with Gasteiger partial charge in [0.15, 0.2) is 11.6 Å². The molecule has 2 aromatic carbocycles. The number of aromatic amines is 1. The standard InChI is InChI=1S/C18H11F3N4/c1-9-4-11(19)2-3-12(9)15-5-10(8-22-25-15)18-23-16-6-13(20)14(21)7-17(16)24-18/h2-8H,1H3,(H,23,24). The number of hydrogen-bond acceptors (Lipinski definition) is 3. The van der Waals surface area contributed by atoms with Crippen LogP contribution in [0.25, 0.3) is 33.7 Å². The van der Waals surface area contributed by atoms with Gasteiger partial charge in [-0.1, -0.05) is 0 Å². The van der Waals surface area contributed by atoms with Crippen molar-refractivity contribution in [2.75, 3.05) is 0 Å². The van der Waals surface area contributed by atoms with Crippen molar-refractivity contribution in [2.24, 2.45) is 0 Å². The van der Waals surface area contributed by atoms with Gasteiger partial charge in [0.25, 0.3) is 0 Å². The summed E-state index contributed by atoms with van der Waals surface area (Å²) in [5.74, 6) is -1.82. The van der Waals surface area contributed by atoms with Crippen molar-refractivity contribution in [3.05, 3.63) is 65.6 Å². The van der Waals surface area contributed by atoms with Gasteiger partial charge < -0.3 is 4.98 Å². The van der Waals surface area contributed by atoms with E-state index in [1.54, 1.807) is 19.1 Å². The van der Waals surface area contributed by atoms with Crippen molar-refractivity contribution in [3.8, 4) is 22.6 Å². The molecule has 4 aromatic rings. The average Bonchev–Trinajstić information content (AvgIpc) is 2.98. The number of halogens is 3. The molecule has 0 aliphatic rings. The highest BCUT2D eigenvalue weighted by atomic mass is 19.2. The van der Waals surface area contributed by atoms with Crippen LogP contribution in [0.4, 0.5) is 13.2 Å². The lowest BCUT2D eigenvalue weighted by Gasteiger charge is -2.05. The summed E-state index contributed by atoms with van der Waals surface area (Å²) in [5, 5.41) is 8.03. The summed E-state index contributed by atoms with van der Waals surface area (Å²) in [6.07, 6.45) is 1.49. The van der Waals surface area contributed by atoms with Gasteiger partial charge in [-0.2, -0.15) is 10.2 Å². The van der Waals surface area contributed by atoms with Crippen molar-refractivity contribution in [1.29, 1.82) is 0 Å². The van der Waals surface area contributed by atoms with Crippen LogP contribution in [0.1, 0.15) is 5.56 Å². The number of rotatable bonds is 2. The molecule has 0 saturated carbocycles. The summed E-state index contributed by atoms with van der Waals surface area (Å²) in [4.78, 5) is 7.20.